The van der Waals surface area contributed by atoms with Crippen LogP contribution in [0.3, 0.4) is 0 Å². The average Bonchev–Trinajstić information content (AvgIpc) is 2.59. The minimum Gasteiger partial charge on any atom is -0.494 e. The Balaban J connectivity index is 1.78. The summed E-state index contributed by atoms with van der Waals surface area (Å²) in [7, 11) is 0. The topological polar surface area (TPSA) is 59.1 Å². The summed E-state index contributed by atoms with van der Waals surface area (Å²) in [6, 6.07) is 12.4. The fourth-order valence-electron chi connectivity index (χ4n) is 2.35. The number of halogens is 2. The Labute approximate surface area is 150 Å². The highest BCUT2D eigenvalue weighted by Gasteiger charge is 2.08. The van der Waals surface area contributed by atoms with Gasteiger partial charge in [-0.2, -0.15) is 4.98 Å². The van der Waals surface area contributed by atoms with Crippen molar-refractivity contribution < 1.29 is 13.5 Å². The van der Waals surface area contributed by atoms with Gasteiger partial charge in [0.15, 0.2) is 0 Å². The summed E-state index contributed by atoms with van der Waals surface area (Å²) in [6.07, 6.45) is 0. The first kappa shape index (κ1) is 17.6. The van der Waals surface area contributed by atoms with Gasteiger partial charge in [0.25, 0.3) is 0 Å². The predicted octanol–water partition coefficient (Wildman–Crippen LogP) is 4.95. The standard InChI is InChI=1S/C19H18F2N4O/c1-3-26-15-7-5-14(6-8-15)23-19-22-12(2)10-18(25-19)24-17-9-4-13(20)11-16(17)21/h4-11H,3H2,1-2H3,(H2,22,23,24,25). The van der Waals surface area contributed by atoms with E-state index < -0.39 is 11.6 Å². The van der Waals surface area contributed by atoms with Crippen molar-refractivity contribution in [2.24, 2.45) is 0 Å². The normalized spacial score (nSPS) is 10.5. The lowest BCUT2D eigenvalue weighted by Crippen LogP contribution is -2.03. The minimum atomic E-state index is -0.692. The molecule has 0 aliphatic rings. The van der Waals surface area contributed by atoms with E-state index in [0.29, 0.717) is 24.1 Å². The number of benzene rings is 2. The van der Waals surface area contributed by atoms with Gasteiger partial charge in [0.1, 0.15) is 23.2 Å². The van der Waals surface area contributed by atoms with Crippen molar-refractivity contribution in [3.8, 4) is 5.75 Å². The minimum absolute atomic E-state index is 0.136. The summed E-state index contributed by atoms with van der Waals surface area (Å²) in [5.41, 5.74) is 1.62. The number of hydrogen-bond donors (Lipinski definition) is 2. The van der Waals surface area contributed by atoms with Gasteiger partial charge in [0.2, 0.25) is 5.95 Å². The van der Waals surface area contributed by atoms with E-state index in [1.807, 2.05) is 31.2 Å². The van der Waals surface area contributed by atoms with Gasteiger partial charge in [-0.05, 0) is 50.2 Å². The Bertz CT molecular complexity index is 901. The van der Waals surface area contributed by atoms with Gasteiger partial charge in [0.05, 0.1) is 12.3 Å². The van der Waals surface area contributed by atoms with Gasteiger partial charge in [0, 0.05) is 23.5 Å². The molecule has 134 valence electrons. The molecule has 7 heteroatoms. The predicted molar refractivity (Wildman–Crippen MR) is 97.3 cm³/mol. The van der Waals surface area contributed by atoms with Crippen LogP contribution < -0.4 is 15.4 Å². The largest absolute Gasteiger partial charge is 0.494 e. The maximum absolute atomic E-state index is 13.8. The zero-order valence-corrected chi connectivity index (χ0v) is 14.4. The number of hydrogen-bond acceptors (Lipinski definition) is 5. The maximum atomic E-state index is 13.8. The number of aromatic nitrogens is 2. The fraction of sp³-hybridized carbons (Fsp3) is 0.158. The highest BCUT2D eigenvalue weighted by Crippen LogP contribution is 2.23. The Morgan fingerprint density at radius 3 is 2.42 bits per heavy atom. The second-order valence-electron chi connectivity index (χ2n) is 5.55. The number of anilines is 4. The third-order valence-electron chi connectivity index (χ3n) is 3.47. The molecule has 0 unspecified atom stereocenters. The molecule has 0 amide bonds. The van der Waals surface area contributed by atoms with Crippen molar-refractivity contribution in [2.45, 2.75) is 13.8 Å². The summed E-state index contributed by atoms with van der Waals surface area (Å²) in [4.78, 5) is 8.64. The van der Waals surface area contributed by atoms with Crippen LogP contribution in [0.4, 0.5) is 31.9 Å². The molecule has 0 fully saturated rings. The lowest BCUT2D eigenvalue weighted by molar-refractivity contribution is 0.340. The summed E-state index contributed by atoms with van der Waals surface area (Å²) < 4.78 is 32.2. The summed E-state index contributed by atoms with van der Waals surface area (Å²) in [5, 5.41) is 5.93. The van der Waals surface area contributed by atoms with Crippen molar-refractivity contribution in [2.75, 3.05) is 17.2 Å². The molecule has 2 N–H and O–H groups in total. The quantitative estimate of drug-likeness (QED) is 0.654. The van der Waals surface area contributed by atoms with Crippen LogP contribution in [-0.2, 0) is 0 Å². The lowest BCUT2D eigenvalue weighted by atomic mass is 10.3. The molecule has 0 aliphatic carbocycles. The van der Waals surface area contributed by atoms with Crippen molar-refractivity contribution in [1.29, 1.82) is 0 Å². The molecule has 0 aliphatic heterocycles. The van der Waals surface area contributed by atoms with Crippen LogP contribution in [0, 0.1) is 18.6 Å². The summed E-state index contributed by atoms with van der Waals surface area (Å²) in [5.74, 6) is 0.208. The summed E-state index contributed by atoms with van der Waals surface area (Å²) in [6.45, 7) is 4.32. The highest BCUT2D eigenvalue weighted by molar-refractivity contribution is 5.61. The molecule has 5 nitrogen and oxygen atoms in total. The Kier molecular flexibility index (Phi) is 5.26. The third kappa shape index (κ3) is 4.44. The van der Waals surface area contributed by atoms with Gasteiger partial charge >= 0.3 is 0 Å². The van der Waals surface area contributed by atoms with Crippen LogP contribution in [0.15, 0.2) is 48.5 Å². The third-order valence-corrected chi connectivity index (χ3v) is 3.47. The van der Waals surface area contributed by atoms with Crippen LogP contribution in [0.25, 0.3) is 0 Å². The fourth-order valence-corrected chi connectivity index (χ4v) is 2.35. The van der Waals surface area contributed by atoms with Crippen molar-refractivity contribution in [3.63, 3.8) is 0 Å². The van der Waals surface area contributed by atoms with Gasteiger partial charge in [-0.25, -0.2) is 13.8 Å². The van der Waals surface area contributed by atoms with Gasteiger partial charge < -0.3 is 15.4 Å². The van der Waals surface area contributed by atoms with Crippen LogP contribution in [0.5, 0.6) is 5.75 Å². The Morgan fingerprint density at radius 1 is 0.962 bits per heavy atom. The molecule has 3 aromatic rings. The molecule has 0 saturated heterocycles. The van der Waals surface area contributed by atoms with Crippen LogP contribution in [0.2, 0.25) is 0 Å². The average molecular weight is 356 g/mol. The molecule has 0 saturated carbocycles. The molecular formula is C19H18F2N4O. The van der Waals surface area contributed by atoms with Crippen molar-refractivity contribution >= 4 is 23.1 Å². The monoisotopic (exact) mass is 356 g/mol. The maximum Gasteiger partial charge on any atom is 0.229 e. The van der Waals surface area contributed by atoms with Crippen LogP contribution in [0.1, 0.15) is 12.6 Å². The molecule has 0 radical (unpaired) electrons. The Morgan fingerprint density at radius 2 is 1.73 bits per heavy atom. The number of aryl methyl sites for hydroxylation is 1. The smallest absolute Gasteiger partial charge is 0.229 e. The van der Waals surface area contributed by atoms with Crippen molar-refractivity contribution in [3.05, 3.63) is 65.9 Å². The van der Waals surface area contributed by atoms with Crippen LogP contribution >= 0.6 is 0 Å². The lowest BCUT2D eigenvalue weighted by Gasteiger charge is -2.11. The SMILES string of the molecule is CCOc1ccc(Nc2nc(C)cc(Nc3ccc(F)cc3F)n2)cc1. The van der Waals surface area contributed by atoms with Gasteiger partial charge in [-0.15, -0.1) is 0 Å². The van der Waals surface area contributed by atoms with Gasteiger partial charge in [-0.3, -0.25) is 0 Å². The first-order valence-corrected chi connectivity index (χ1v) is 8.11. The number of nitrogens with zero attached hydrogens (tertiary/aromatic N) is 2. The molecule has 0 bridgehead atoms. The zero-order chi connectivity index (χ0) is 18.5. The van der Waals surface area contributed by atoms with Gasteiger partial charge in [-0.1, -0.05) is 0 Å². The van der Waals surface area contributed by atoms with E-state index >= 15 is 0 Å². The van der Waals surface area contributed by atoms with E-state index in [4.69, 9.17) is 4.74 Å². The molecule has 0 atom stereocenters. The van der Waals surface area contributed by atoms with E-state index in [1.54, 1.807) is 13.0 Å². The molecule has 1 aromatic heterocycles. The van der Waals surface area contributed by atoms with Crippen molar-refractivity contribution in [1.82, 2.24) is 9.97 Å². The second-order valence-corrected chi connectivity index (χ2v) is 5.55. The van der Waals surface area contributed by atoms with Crippen LogP contribution in [-0.4, -0.2) is 16.6 Å². The first-order chi connectivity index (χ1) is 12.5. The molecule has 0 spiro atoms. The second kappa shape index (κ2) is 7.77. The van der Waals surface area contributed by atoms with E-state index in [-0.39, 0.29) is 5.69 Å². The number of ether oxygens (including phenoxy) is 1. The molecule has 2 aromatic carbocycles. The molecule has 3 rings (SSSR count). The summed E-state index contributed by atoms with van der Waals surface area (Å²) >= 11 is 0. The van der Waals surface area contributed by atoms with E-state index in [0.717, 1.165) is 17.5 Å². The molecule has 26 heavy (non-hydrogen) atoms. The van der Waals surface area contributed by atoms with E-state index in [2.05, 4.69) is 20.6 Å². The Hall–Kier alpha value is -3.22. The van der Waals surface area contributed by atoms with E-state index in [1.165, 1.54) is 12.1 Å². The number of nitrogens with one attached hydrogen (secondary N) is 2. The molecular weight excluding hydrogens is 338 g/mol. The first-order valence-electron chi connectivity index (χ1n) is 8.11. The van der Waals surface area contributed by atoms with E-state index in [9.17, 15) is 8.78 Å². The number of rotatable bonds is 6. The molecule has 1 heterocycles. The highest BCUT2D eigenvalue weighted by atomic mass is 19.1. The zero-order valence-electron chi connectivity index (χ0n) is 14.4.